The molecule has 0 aromatic carbocycles. The van der Waals surface area contributed by atoms with E-state index in [0.717, 1.165) is 5.75 Å². The van der Waals surface area contributed by atoms with Gasteiger partial charge in [0.05, 0.1) is 0 Å². The van der Waals surface area contributed by atoms with E-state index in [-0.39, 0.29) is 67.9 Å². The Hall–Kier alpha value is 2.61. The second-order valence-corrected chi connectivity index (χ2v) is 8.95. The van der Waals surface area contributed by atoms with Gasteiger partial charge in [-0.3, -0.25) is 9.13 Å². The fourth-order valence-corrected chi connectivity index (χ4v) is 5.17. The molecule has 1 saturated heterocycles. The van der Waals surface area contributed by atoms with Crippen LogP contribution in [0.2, 0.25) is 0 Å². The Labute approximate surface area is 156 Å². The summed E-state index contributed by atoms with van der Waals surface area (Å²) in [6.45, 7) is 0. The van der Waals surface area contributed by atoms with Crippen LogP contribution in [0.15, 0.2) is 0 Å². The molecule has 1 rings (SSSR count). The Morgan fingerprint density at radius 1 is 1.17 bits per heavy atom. The zero-order chi connectivity index (χ0) is 12.6. The molecule has 5 N–H and O–H groups in total. The van der Waals surface area contributed by atoms with E-state index in [9.17, 15) is 14.2 Å². The van der Waals surface area contributed by atoms with Gasteiger partial charge in [-0.15, -0.1) is 0 Å². The SMILES string of the molecule is O=P(O)(O)C(O)(CC1CCSC1)P(=O)(O)O.[H-].[H-].[Na+].[Na+]. The van der Waals surface area contributed by atoms with E-state index < -0.39 is 26.7 Å². The van der Waals surface area contributed by atoms with E-state index in [1.807, 2.05) is 0 Å². The fourth-order valence-electron chi connectivity index (χ4n) is 1.54. The first-order valence-electron chi connectivity index (χ1n) is 4.49. The maximum absolute atomic E-state index is 11.0. The van der Waals surface area contributed by atoms with Gasteiger partial charge in [0, 0.05) is 6.42 Å². The van der Waals surface area contributed by atoms with Crippen molar-refractivity contribution in [2.24, 2.45) is 5.92 Å². The van der Waals surface area contributed by atoms with Gasteiger partial charge in [0.1, 0.15) is 0 Å². The molecule has 1 atom stereocenters. The number of hydrogen-bond donors (Lipinski definition) is 5. The summed E-state index contributed by atoms with van der Waals surface area (Å²) >= 11 is 1.53. The van der Waals surface area contributed by atoms with Gasteiger partial charge in [0.15, 0.2) is 0 Å². The third-order valence-corrected chi connectivity index (χ3v) is 7.55. The minimum absolute atomic E-state index is 0. The molecular formula is C6H16Na2O7P2S. The minimum Gasteiger partial charge on any atom is -1.00 e. The summed E-state index contributed by atoms with van der Waals surface area (Å²) in [6, 6.07) is 0. The van der Waals surface area contributed by atoms with Crippen LogP contribution in [0, 0.1) is 5.92 Å². The summed E-state index contributed by atoms with van der Waals surface area (Å²) in [6.07, 6.45) is 0.0154. The number of rotatable bonds is 4. The van der Waals surface area contributed by atoms with Crippen molar-refractivity contribution in [3.8, 4) is 0 Å². The minimum atomic E-state index is -5.28. The molecule has 0 amide bonds. The average molecular weight is 340 g/mol. The molecule has 0 aliphatic carbocycles. The van der Waals surface area contributed by atoms with Crippen LogP contribution in [-0.4, -0.2) is 41.3 Å². The van der Waals surface area contributed by atoms with Gasteiger partial charge < -0.3 is 27.5 Å². The number of aliphatic hydroxyl groups is 1. The van der Waals surface area contributed by atoms with Crippen molar-refractivity contribution in [3.63, 3.8) is 0 Å². The van der Waals surface area contributed by atoms with E-state index in [2.05, 4.69) is 0 Å². The van der Waals surface area contributed by atoms with Crippen LogP contribution in [0.4, 0.5) is 0 Å². The first-order valence-corrected chi connectivity index (χ1v) is 8.87. The van der Waals surface area contributed by atoms with Gasteiger partial charge in [-0.2, -0.15) is 11.8 Å². The largest absolute Gasteiger partial charge is 1.00 e. The van der Waals surface area contributed by atoms with Crippen molar-refractivity contribution in [1.29, 1.82) is 0 Å². The topological polar surface area (TPSA) is 135 Å². The summed E-state index contributed by atoms with van der Waals surface area (Å²) in [5.74, 6) is 1.03. The van der Waals surface area contributed by atoms with Gasteiger partial charge >= 0.3 is 74.3 Å². The standard InChI is InChI=1S/C6H14O7P2S.2Na.2H/c7-6(14(8,9)10,15(11,12)13)3-5-1-2-16-4-5;;;;/h5,7H,1-4H2,(H2,8,9,10)(H2,11,12,13);;;;/q;2*+1;2*-1. The third kappa shape index (κ3) is 5.43. The molecule has 1 fully saturated rings. The van der Waals surface area contributed by atoms with E-state index in [4.69, 9.17) is 19.6 Å². The van der Waals surface area contributed by atoms with Crippen molar-refractivity contribution in [2.75, 3.05) is 11.5 Å². The van der Waals surface area contributed by atoms with Crippen molar-refractivity contribution in [3.05, 3.63) is 0 Å². The van der Waals surface area contributed by atoms with Crippen molar-refractivity contribution in [2.45, 2.75) is 17.9 Å². The van der Waals surface area contributed by atoms with Crippen LogP contribution in [0.1, 0.15) is 15.7 Å². The molecule has 0 radical (unpaired) electrons. The molecule has 1 heterocycles. The first kappa shape index (κ1) is 22.9. The fraction of sp³-hybridized carbons (Fsp3) is 1.00. The van der Waals surface area contributed by atoms with Gasteiger partial charge in [0.2, 0.25) is 0 Å². The molecule has 0 spiro atoms. The maximum Gasteiger partial charge on any atom is 1.00 e. The van der Waals surface area contributed by atoms with E-state index in [0.29, 0.717) is 12.2 Å². The molecule has 7 nitrogen and oxygen atoms in total. The molecule has 100 valence electrons. The number of thioether (sulfide) groups is 1. The Bertz CT molecular complexity index is 337. The molecule has 1 unspecified atom stereocenters. The molecule has 0 aromatic rings. The monoisotopic (exact) mass is 340 g/mol. The second kappa shape index (κ2) is 8.30. The molecule has 12 heteroatoms. The second-order valence-electron chi connectivity index (χ2n) is 3.80. The van der Waals surface area contributed by atoms with E-state index >= 15 is 0 Å². The quantitative estimate of drug-likeness (QED) is 0.253. The summed E-state index contributed by atoms with van der Waals surface area (Å²) in [7, 11) is -10.6. The zero-order valence-corrected chi connectivity index (χ0v) is 16.9. The van der Waals surface area contributed by atoms with E-state index in [1.54, 1.807) is 0 Å². The van der Waals surface area contributed by atoms with Crippen molar-refractivity contribution in [1.82, 2.24) is 0 Å². The van der Waals surface area contributed by atoms with Gasteiger partial charge in [-0.25, -0.2) is 0 Å². The summed E-state index contributed by atoms with van der Waals surface area (Å²) < 4.78 is 22.1. The van der Waals surface area contributed by atoms with Gasteiger partial charge in [-0.05, 0) is 23.8 Å². The smallest absolute Gasteiger partial charge is 1.00 e. The van der Waals surface area contributed by atoms with Crippen LogP contribution in [0.5, 0.6) is 0 Å². The molecule has 0 bridgehead atoms. The van der Waals surface area contributed by atoms with Crippen LogP contribution in [0.25, 0.3) is 0 Å². The summed E-state index contributed by atoms with van der Waals surface area (Å²) in [5.41, 5.74) is 0. The Morgan fingerprint density at radius 2 is 1.61 bits per heavy atom. The molecule has 1 aliphatic rings. The predicted octanol–water partition coefficient (Wildman–Crippen LogP) is -5.64. The Morgan fingerprint density at radius 3 is 1.89 bits per heavy atom. The Kier molecular flexibility index (Phi) is 10.5. The summed E-state index contributed by atoms with van der Waals surface area (Å²) in [4.78, 5) is 35.6. The van der Waals surface area contributed by atoms with E-state index in [1.165, 1.54) is 11.8 Å². The molecule has 0 aromatic heterocycles. The average Bonchev–Trinajstić information content (AvgIpc) is 2.52. The van der Waals surface area contributed by atoms with Crippen molar-refractivity contribution < 1.29 is 95.8 Å². The first-order chi connectivity index (χ1) is 7.08. The predicted molar refractivity (Wildman–Crippen MR) is 61.3 cm³/mol. The molecule has 18 heavy (non-hydrogen) atoms. The van der Waals surface area contributed by atoms with Crippen LogP contribution in [0.3, 0.4) is 0 Å². The van der Waals surface area contributed by atoms with Crippen LogP contribution < -0.4 is 59.1 Å². The third-order valence-electron chi connectivity index (χ3n) is 2.52. The normalized spacial score (nSPS) is 21.1. The molecule has 1 aliphatic heterocycles. The van der Waals surface area contributed by atoms with Crippen LogP contribution >= 0.6 is 27.0 Å². The summed E-state index contributed by atoms with van der Waals surface area (Å²) in [5, 5.41) is 6.37. The van der Waals surface area contributed by atoms with Gasteiger partial charge in [0.25, 0.3) is 5.08 Å². The molecule has 0 saturated carbocycles. The van der Waals surface area contributed by atoms with Crippen molar-refractivity contribution >= 4 is 27.0 Å². The Balaban J connectivity index is -0.000000320. The van der Waals surface area contributed by atoms with Gasteiger partial charge in [-0.1, -0.05) is 0 Å². The zero-order valence-electron chi connectivity index (χ0n) is 12.3. The molecular weight excluding hydrogens is 324 g/mol. The van der Waals surface area contributed by atoms with Crippen LogP contribution in [-0.2, 0) is 9.13 Å². The number of hydrogen-bond acceptors (Lipinski definition) is 4. The maximum atomic E-state index is 11.0.